The number of ether oxygens (including phenoxy) is 2. The molecule has 3 aromatic carbocycles. The fraction of sp³-hybridized carbons (Fsp3) is 0.382. The van der Waals surface area contributed by atoms with Gasteiger partial charge in [-0.05, 0) is 83.7 Å². The third-order valence-corrected chi connectivity index (χ3v) is 6.59. The van der Waals surface area contributed by atoms with Crippen LogP contribution in [0.2, 0.25) is 0 Å². The molecule has 0 aliphatic carbocycles. The summed E-state index contributed by atoms with van der Waals surface area (Å²) in [6.45, 7) is 16.6. The maximum Gasteiger partial charge on any atom is 0.343 e. The van der Waals surface area contributed by atoms with Crippen LogP contribution < -0.4 is 14.9 Å². The van der Waals surface area contributed by atoms with E-state index in [9.17, 15) is 14.7 Å². The van der Waals surface area contributed by atoms with Crippen LogP contribution in [-0.4, -0.2) is 29.8 Å². The average Bonchev–Trinajstić information content (AvgIpc) is 2.88. The molecule has 1 amide bonds. The first-order valence-corrected chi connectivity index (χ1v) is 13.9. The van der Waals surface area contributed by atoms with E-state index in [2.05, 4.69) is 52.1 Å². The van der Waals surface area contributed by atoms with E-state index in [1.807, 2.05) is 38.1 Å². The Morgan fingerprint density at radius 3 is 2.07 bits per heavy atom. The largest absolute Gasteiger partial charge is 0.507 e. The molecule has 2 N–H and O–H groups in total. The van der Waals surface area contributed by atoms with Crippen molar-refractivity contribution in [1.29, 1.82) is 0 Å². The van der Waals surface area contributed by atoms with Gasteiger partial charge >= 0.3 is 5.97 Å². The van der Waals surface area contributed by atoms with Crippen molar-refractivity contribution in [2.24, 2.45) is 5.10 Å². The Balaban J connectivity index is 1.66. The number of nitrogens with zero attached hydrogens (tertiary/aromatic N) is 1. The van der Waals surface area contributed by atoms with Gasteiger partial charge in [0.15, 0.2) is 11.5 Å². The Labute approximate surface area is 243 Å². The van der Waals surface area contributed by atoms with Gasteiger partial charge in [0.1, 0.15) is 5.75 Å². The summed E-state index contributed by atoms with van der Waals surface area (Å²) in [5.41, 5.74) is 7.02. The highest BCUT2D eigenvalue weighted by atomic mass is 16.6. The molecular weight excluding hydrogens is 516 g/mol. The van der Waals surface area contributed by atoms with Gasteiger partial charge in [-0.1, -0.05) is 71.4 Å². The van der Waals surface area contributed by atoms with E-state index in [4.69, 9.17) is 9.47 Å². The quantitative estimate of drug-likeness (QED) is 0.128. The molecule has 0 saturated heterocycles. The molecule has 0 radical (unpaired) electrons. The van der Waals surface area contributed by atoms with Crippen LogP contribution >= 0.6 is 0 Å². The van der Waals surface area contributed by atoms with Crippen LogP contribution in [0.15, 0.2) is 59.7 Å². The van der Waals surface area contributed by atoms with E-state index in [-0.39, 0.29) is 23.2 Å². The van der Waals surface area contributed by atoms with Gasteiger partial charge in [0, 0.05) is 6.42 Å². The van der Waals surface area contributed by atoms with E-state index in [0.717, 1.165) is 22.3 Å². The first-order chi connectivity index (χ1) is 19.2. The molecule has 0 unspecified atom stereocenters. The van der Waals surface area contributed by atoms with Crippen molar-refractivity contribution in [3.63, 3.8) is 0 Å². The summed E-state index contributed by atoms with van der Waals surface area (Å²) in [6, 6.07) is 16.2. The Morgan fingerprint density at radius 1 is 0.902 bits per heavy atom. The lowest BCUT2D eigenvalue weighted by Gasteiger charge is -2.28. The molecule has 0 aliphatic heterocycles. The maximum atomic E-state index is 12.6. The molecule has 3 rings (SSSR count). The molecule has 0 bridgehead atoms. The number of phenolic OH excluding ortho intramolecular Hbond substituents is 1. The normalized spacial score (nSPS) is 11.9. The fourth-order valence-corrected chi connectivity index (χ4v) is 4.28. The Morgan fingerprint density at radius 2 is 1.51 bits per heavy atom. The van der Waals surface area contributed by atoms with E-state index in [0.29, 0.717) is 41.4 Å². The number of phenols is 1. The topological polar surface area (TPSA) is 97.2 Å². The second-order valence-corrected chi connectivity index (χ2v) is 12.2. The zero-order valence-corrected chi connectivity index (χ0v) is 25.4. The van der Waals surface area contributed by atoms with Crippen molar-refractivity contribution in [3.05, 3.63) is 88.0 Å². The van der Waals surface area contributed by atoms with Gasteiger partial charge in [0.25, 0.3) is 0 Å². The predicted octanol–water partition coefficient (Wildman–Crippen LogP) is 7.00. The number of nitrogens with one attached hydrogen (secondary N) is 1. The number of hydrogen-bond acceptors (Lipinski definition) is 6. The van der Waals surface area contributed by atoms with Crippen molar-refractivity contribution in [3.8, 4) is 17.2 Å². The van der Waals surface area contributed by atoms with Crippen LogP contribution in [0.25, 0.3) is 0 Å². The molecule has 7 heteroatoms. The third kappa shape index (κ3) is 8.68. The molecule has 0 spiro atoms. The van der Waals surface area contributed by atoms with Crippen LogP contribution in [0, 0.1) is 6.92 Å². The van der Waals surface area contributed by atoms with Gasteiger partial charge < -0.3 is 14.6 Å². The van der Waals surface area contributed by atoms with Gasteiger partial charge in [0.2, 0.25) is 5.91 Å². The first kappa shape index (κ1) is 31.4. The first-order valence-electron chi connectivity index (χ1n) is 13.9. The number of esters is 1. The highest BCUT2D eigenvalue weighted by molar-refractivity contribution is 5.91. The number of rotatable bonds is 9. The standard InChI is InChI=1S/C34H42N2O5/c1-9-40-29-20-24(12-16-28(29)41-32(39)25-14-10-22(2)11-15-25)21-35-36-30(37)17-13-23-18-26(33(3,4)5)31(38)27(19-23)34(6,7)8/h10-12,14-16,18-21,38H,9,13,17H2,1-8H3,(H,36,37)/b35-21-. The van der Waals surface area contributed by atoms with Crippen LogP contribution in [0.3, 0.4) is 0 Å². The summed E-state index contributed by atoms with van der Waals surface area (Å²) < 4.78 is 11.2. The number of carbonyl (C=O) groups is 2. The maximum absolute atomic E-state index is 12.6. The minimum atomic E-state index is -0.475. The van der Waals surface area contributed by atoms with Gasteiger partial charge in [-0.15, -0.1) is 0 Å². The van der Waals surface area contributed by atoms with Crippen molar-refractivity contribution >= 4 is 18.1 Å². The lowest BCUT2D eigenvalue weighted by molar-refractivity contribution is -0.121. The summed E-state index contributed by atoms with van der Waals surface area (Å²) in [5, 5.41) is 15.0. The zero-order chi connectivity index (χ0) is 30.4. The second-order valence-electron chi connectivity index (χ2n) is 12.2. The van der Waals surface area contributed by atoms with E-state index in [1.54, 1.807) is 30.3 Å². The summed E-state index contributed by atoms with van der Waals surface area (Å²) in [5.74, 6) is 0.330. The van der Waals surface area contributed by atoms with Crippen molar-refractivity contribution in [2.75, 3.05) is 6.61 Å². The molecule has 0 aliphatic rings. The van der Waals surface area contributed by atoms with Crippen LogP contribution in [0.4, 0.5) is 0 Å². The molecule has 3 aromatic rings. The molecule has 218 valence electrons. The minimum absolute atomic E-state index is 0.224. The molecule has 7 nitrogen and oxygen atoms in total. The van der Waals surface area contributed by atoms with Crippen LogP contribution in [-0.2, 0) is 22.0 Å². The number of hydrazone groups is 1. The lowest BCUT2D eigenvalue weighted by atomic mass is 9.78. The fourth-order valence-electron chi connectivity index (χ4n) is 4.28. The van der Waals surface area contributed by atoms with Gasteiger partial charge in [-0.2, -0.15) is 5.10 Å². The van der Waals surface area contributed by atoms with Crippen LogP contribution in [0.1, 0.15) is 93.1 Å². The third-order valence-electron chi connectivity index (χ3n) is 6.59. The molecular formula is C34H42N2O5. The Hall–Kier alpha value is -4.13. The molecule has 0 atom stereocenters. The lowest BCUT2D eigenvalue weighted by Crippen LogP contribution is -2.20. The molecule has 0 fully saturated rings. The summed E-state index contributed by atoms with van der Waals surface area (Å²) >= 11 is 0. The Kier molecular flexibility index (Phi) is 9.97. The second kappa shape index (κ2) is 13.0. The van der Waals surface area contributed by atoms with Gasteiger partial charge in [0.05, 0.1) is 18.4 Å². The smallest absolute Gasteiger partial charge is 0.343 e. The predicted molar refractivity (Wildman–Crippen MR) is 163 cm³/mol. The highest BCUT2D eigenvalue weighted by Gasteiger charge is 2.26. The highest BCUT2D eigenvalue weighted by Crippen LogP contribution is 2.40. The van der Waals surface area contributed by atoms with Crippen molar-refractivity contribution in [1.82, 2.24) is 5.43 Å². The average molecular weight is 559 g/mol. The summed E-state index contributed by atoms with van der Waals surface area (Å²) in [6.07, 6.45) is 2.28. The number of benzene rings is 3. The number of hydrogen-bond donors (Lipinski definition) is 2. The molecule has 41 heavy (non-hydrogen) atoms. The molecule has 0 saturated carbocycles. The number of amides is 1. The number of aromatic hydroxyl groups is 1. The number of aryl methyl sites for hydroxylation is 2. The van der Waals surface area contributed by atoms with E-state index < -0.39 is 5.97 Å². The Bertz CT molecular complexity index is 1380. The van der Waals surface area contributed by atoms with Crippen molar-refractivity contribution in [2.45, 2.75) is 79.1 Å². The minimum Gasteiger partial charge on any atom is -0.507 e. The van der Waals surface area contributed by atoms with E-state index >= 15 is 0 Å². The molecule has 0 aromatic heterocycles. The molecule has 0 heterocycles. The van der Waals surface area contributed by atoms with E-state index in [1.165, 1.54) is 6.21 Å². The van der Waals surface area contributed by atoms with Gasteiger partial charge in [-0.3, -0.25) is 4.79 Å². The van der Waals surface area contributed by atoms with Gasteiger partial charge in [-0.25, -0.2) is 10.2 Å². The summed E-state index contributed by atoms with van der Waals surface area (Å²) in [7, 11) is 0. The summed E-state index contributed by atoms with van der Waals surface area (Å²) in [4.78, 5) is 25.1. The number of carbonyl (C=O) groups excluding carboxylic acids is 2. The van der Waals surface area contributed by atoms with Crippen molar-refractivity contribution < 1.29 is 24.2 Å². The van der Waals surface area contributed by atoms with Crippen LogP contribution in [0.5, 0.6) is 17.2 Å². The SMILES string of the molecule is CCOc1cc(/C=N\NC(=O)CCc2cc(C(C)(C)C)c(O)c(C(C)(C)C)c2)ccc1OC(=O)c1ccc(C)cc1. The zero-order valence-electron chi connectivity index (χ0n) is 25.4. The monoisotopic (exact) mass is 558 g/mol.